The number of carboxylic acid groups (broad SMARTS) is 1. The molecule has 1 rings (SSSR count). The SMILES string of the molecule is CC(C)CCC1CNC1C(=O)O. The highest BCUT2D eigenvalue weighted by molar-refractivity contribution is 5.75. The predicted molar refractivity (Wildman–Crippen MR) is 47.0 cm³/mol. The van der Waals surface area contributed by atoms with Crippen LogP contribution in [-0.2, 0) is 4.79 Å². The number of hydrogen-bond donors (Lipinski definition) is 2. The monoisotopic (exact) mass is 171 g/mol. The molecule has 12 heavy (non-hydrogen) atoms. The minimum Gasteiger partial charge on any atom is -0.480 e. The van der Waals surface area contributed by atoms with E-state index in [-0.39, 0.29) is 6.04 Å². The van der Waals surface area contributed by atoms with Crippen molar-refractivity contribution < 1.29 is 9.90 Å². The van der Waals surface area contributed by atoms with Gasteiger partial charge < -0.3 is 10.4 Å². The summed E-state index contributed by atoms with van der Waals surface area (Å²) in [5, 5.41) is 11.6. The highest BCUT2D eigenvalue weighted by Gasteiger charge is 2.35. The largest absolute Gasteiger partial charge is 0.480 e. The first-order chi connectivity index (χ1) is 5.61. The molecule has 70 valence electrons. The Hall–Kier alpha value is -0.570. The smallest absolute Gasteiger partial charge is 0.321 e. The number of carbonyl (C=O) groups is 1. The van der Waals surface area contributed by atoms with Crippen molar-refractivity contribution in [1.82, 2.24) is 5.32 Å². The van der Waals surface area contributed by atoms with E-state index in [2.05, 4.69) is 19.2 Å². The molecule has 0 aromatic carbocycles. The van der Waals surface area contributed by atoms with Crippen molar-refractivity contribution in [3.05, 3.63) is 0 Å². The van der Waals surface area contributed by atoms with Crippen LogP contribution in [0.1, 0.15) is 26.7 Å². The van der Waals surface area contributed by atoms with Crippen molar-refractivity contribution in [1.29, 1.82) is 0 Å². The maximum atomic E-state index is 10.6. The lowest BCUT2D eigenvalue weighted by Crippen LogP contribution is -2.57. The Kier molecular flexibility index (Phi) is 3.09. The number of rotatable bonds is 4. The van der Waals surface area contributed by atoms with Crippen LogP contribution in [0.15, 0.2) is 0 Å². The lowest BCUT2D eigenvalue weighted by atomic mass is 9.85. The first kappa shape index (κ1) is 9.52. The van der Waals surface area contributed by atoms with Gasteiger partial charge in [-0.05, 0) is 18.3 Å². The highest BCUT2D eigenvalue weighted by Crippen LogP contribution is 2.21. The highest BCUT2D eigenvalue weighted by atomic mass is 16.4. The van der Waals surface area contributed by atoms with Crippen LogP contribution in [0.2, 0.25) is 0 Å². The van der Waals surface area contributed by atoms with Gasteiger partial charge in [0.2, 0.25) is 0 Å². The van der Waals surface area contributed by atoms with Gasteiger partial charge in [0.1, 0.15) is 6.04 Å². The van der Waals surface area contributed by atoms with Crippen molar-refractivity contribution in [3.63, 3.8) is 0 Å². The standard InChI is InChI=1S/C9H17NO2/c1-6(2)3-4-7-5-10-8(7)9(11)12/h6-8,10H,3-5H2,1-2H3,(H,11,12). The fraction of sp³-hybridized carbons (Fsp3) is 0.889. The van der Waals surface area contributed by atoms with E-state index in [1.807, 2.05) is 0 Å². The minimum atomic E-state index is -0.699. The zero-order valence-corrected chi connectivity index (χ0v) is 7.71. The van der Waals surface area contributed by atoms with E-state index in [0.29, 0.717) is 11.8 Å². The zero-order valence-electron chi connectivity index (χ0n) is 7.71. The van der Waals surface area contributed by atoms with Gasteiger partial charge in [-0.3, -0.25) is 4.79 Å². The number of carboxylic acids is 1. The second kappa shape index (κ2) is 3.90. The molecule has 0 amide bonds. The summed E-state index contributed by atoms with van der Waals surface area (Å²) in [4.78, 5) is 10.6. The molecule has 1 saturated heterocycles. The Morgan fingerprint density at radius 1 is 1.67 bits per heavy atom. The Morgan fingerprint density at radius 3 is 2.67 bits per heavy atom. The average molecular weight is 171 g/mol. The summed E-state index contributed by atoms with van der Waals surface area (Å²) in [7, 11) is 0. The van der Waals surface area contributed by atoms with E-state index in [9.17, 15) is 4.79 Å². The summed E-state index contributed by atoms with van der Waals surface area (Å²) >= 11 is 0. The summed E-state index contributed by atoms with van der Waals surface area (Å²) in [5.74, 6) is 0.347. The third-order valence-corrected chi connectivity index (χ3v) is 2.45. The molecule has 3 heteroatoms. The van der Waals surface area contributed by atoms with Crippen LogP contribution in [0.25, 0.3) is 0 Å². The van der Waals surface area contributed by atoms with Crippen LogP contribution in [0.3, 0.4) is 0 Å². The predicted octanol–water partition coefficient (Wildman–Crippen LogP) is 1.10. The van der Waals surface area contributed by atoms with Crippen molar-refractivity contribution in [2.24, 2.45) is 11.8 Å². The molecule has 0 saturated carbocycles. The van der Waals surface area contributed by atoms with Gasteiger partial charge in [0, 0.05) is 6.54 Å². The Bertz CT molecular complexity index is 168. The van der Waals surface area contributed by atoms with E-state index in [1.54, 1.807) is 0 Å². The van der Waals surface area contributed by atoms with Gasteiger partial charge >= 0.3 is 5.97 Å². The van der Waals surface area contributed by atoms with Crippen molar-refractivity contribution in [3.8, 4) is 0 Å². The molecule has 0 radical (unpaired) electrons. The summed E-state index contributed by atoms with van der Waals surface area (Å²) in [6.07, 6.45) is 2.18. The average Bonchev–Trinajstić information content (AvgIpc) is 1.82. The van der Waals surface area contributed by atoms with Crippen molar-refractivity contribution in [2.45, 2.75) is 32.7 Å². The third-order valence-electron chi connectivity index (χ3n) is 2.45. The van der Waals surface area contributed by atoms with E-state index in [4.69, 9.17) is 5.11 Å². The number of hydrogen-bond acceptors (Lipinski definition) is 2. The number of nitrogens with one attached hydrogen (secondary N) is 1. The summed E-state index contributed by atoms with van der Waals surface area (Å²) < 4.78 is 0. The van der Waals surface area contributed by atoms with Crippen LogP contribution >= 0.6 is 0 Å². The molecule has 0 spiro atoms. The van der Waals surface area contributed by atoms with Crippen LogP contribution in [0, 0.1) is 11.8 Å². The first-order valence-corrected chi connectivity index (χ1v) is 4.57. The molecule has 1 aliphatic rings. The Labute approximate surface area is 73.2 Å². The summed E-state index contributed by atoms with van der Waals surface area (Å²) in [6.45, 7) is 5.22. The molecule has 0 aromatic heterocycles. The minimum absolute atomic E-state index is 0.274. The fourth-order valence-electron chi connectivity index (χ4n) is 1.51. The third kappa shape index (κ3) is 2.21. The van der Waals surface area contributed by atoms with Crippen LogP contribution in [0.4, 0.5) is 0 Å². The topological polar surface area (TPSA) is 49.3 Å². The molecule has 2 atom stereocenters. The fourth-order valence-corrected chi connectivity index (χ4v) is 1.51. The van der Waals surface area contributed by atoms with Gasteiger partial charge in [-0.15, -0.1) is 0 Å². The Balaban J connectivity index is 2.21. The molecule has 0 bridgehead atoms. The maximum absolute atomic E-state index is 10.6. The van der Waals surface area contributed by atoms with E-state index < -0.39 is 5.97 Å². The molecule has 0 aromatic rings. The van der Waals surface area contributed by atoms with Gasteiger partial charge in [0.25, 0.3) is 0 Å². The van der Waals surface area contributed by atoms with E-state index in [0.717, 1.165) is 19.4 Å². The Morgan fingerprint density at radius 2 is 2.33 bits per heavy atom. The molecular weight excluding hydrogens is 154 g/mol. The van der Waals surface area contributed by atoms with Gasteiger partial charge in [0.15, 0.2) is 0 Å². The molecule has 1 fully saturated rings. The lowest BCUT2D eigenvalue weighted by Gasteiger charge is -2.35. The van der Waals surface area contributed by atoms with Crippen LogP contribution < -0.4 is 5.32 Å². The number of aliphatic carboxylic acids is 1. The van der Waals surface area contributed by atoms with Crippen LogP contribution in [0.5, 0.6) is 0 Å². The quantitative estimate of drug-likeness (QED) is 0.665. The second-order valence-electron chi connectivity index (χ2n) is 3.96. The van der Waals surface area contributed by atoms with Crippen molar-refractivity contribution >= 4 is 5.97 Å². The molecule has 2 N–H and O–H groups in total. The molecule has 1 aliphatic heterocycles. The van der Waals surface area contributed by atoms with Gasteiger partial charge in [-0.1, -0.05) is 20.3 Å². The van der Waals surface area contributed by atoms with E-state index >= 15 is 0 Å². The summed E-state index contributed by atoms with van der Waals surface area (Å²) in [6, 6.07) is -0.274. The molecular formula is C9H17NO2. The maximum Gasteiger partial charge on any atom is 0.321 e. The molecule has 0 aliphatic carbocycles. The molecule has 3 nitrogen and oxygen atoms in total. The lowest BCUT2D eigenvalue weighted by molar-refractivity contribution is -0.143. The molecule has 2 unspecified atom stereocenters. The second-order valence-corrected chi connectivity index (χ2v) is 3.96. The van der Waals surface area contributed by atoms with Crippen LogP contribution in [-0.4, -0.2) is 23.7 Å². The van der Waals surface area contributed by atoms with Gasteiger partial charge in [0.05, 0.1) is 0 Å². The van der Waals surface area contributed by atoms with Crippen molar-refractivity contribution in [2.75, 3.05) is 6.54 Å². The van der Waals surface area contributed by atoms with Gasteiger partial charge in [-0.2, -0.15) is 0 Å². The molecule has 1 heterocycles. The van der Waals surface area contributed by atoms with Gasteiger partial charge in [-0.25, -0.2) is 0 Å². The summed E-state index contributed by atoms with van der Waals surface area (Å²) in [5.41, 5.74) is 0. The van der Waals surface area contributed by atoms with E-state index in [1.165, 1.54) is 0 Å². The first-order valence-electron chi connectivity index (χ1n) is 4.57. The zero-order chi connectivity index (χ0) is 9.14. The normalized spacial score (nSPS) is 28.6.